The zero-order valence-electron chi connectivity index (χ0n) is 9.04. The molecule has 0 amide bonds. The van der Waals surface area contributed by atoms with Gasteiger partial charge in [0, 0.05) is 30.4 Å². The van der Waals surface area contributed by atoms with Crippen LogP contribution in [0.1, 0.15) is 6.42 Å². The van der Waals surface area contributed by atoms with Crippen molar-refractivity contribution in [3.63, 3.8) is 0 Å². The number of ether oxygens (including phenoxy) is 1. The highest BCUT2D eigenvalue weighted by Gasteiger charge is 2.05. The van der Waals surface area contributed by atoms with Crippen molar-refractivity contribution in [3.8, 4) is 0 Å². The molecular weight excluding hydrogens is 277 g/mol. The molecule has 0 aliphatic rings. The summed E-state index contributed by atoms with van der Waals surface area (Å²) in [5, 5.41) is 2.89. The molecule has 1 rings (SSSR count). The fourth-order valence-electron chi connectivity index (χ4n) is 1.22. The van der Waals surface area contributed by atoms with Crippen molar-refractivity contribution in [2.45, 2.75) is 12.5 Å². The Bertz CT molecular complexity index is 338. The Morgan fingerprint density at radius 1 is 1.69 bits per heavy atom. The number of hydrogen-bond acceptors (Lipinski definition) is 4. The summed E-state index contributed by atoms with van der Waals surface area (Å²) in [5.74, 6) is -0.137. The van der Waals surface area contributed by atoms with E-state index in [1.807, 2.05) is 0 Å². The lowest BCUT2D eigenvalue weighted by Gasteiger charge is -2.11. The molecule has 0 aromatic carbocycles. The van der Waals surface area contributed by atoms with Crippen molar-refractivity contribution in [1.29, 1.82) is 0 Å². The van der Waals surface area contributed by atoms with Gasteiger partial charge in [0.25, 0.3) is 0 Å². The van der Waals surface area contributed by atoms with E-state index in [1.165, 1.54) is 6.07 Å². The van der Waals surface area contributed by atoms with Gasteiger partial charge in [0.1, 0.15) is 0 Å². The Labute approximate surface area is 103 Å². The first-order chi connectivity index (χ1) is 7.63. The third-order valence-corrected chi connectivity index (χ3v) is 2.43. The number of halogens is 2. The fraction of sp³-hybridized carbons (Fsp3) is 0.500. The van der Waals surface area contributed by atoms with Crippen molar-refractivity contribution in [3.05, 3.63) is 22.6 Å². The van der Waals surface area contributed by atoms with E-state index in [2.05, 4.69) is 26.2 Å². The number of anilines is 1. The number of aromatic nitrogens is 1. The Kier molecular flexibility index (Phi) is 5.65. The normalized spacial score (nSPS) is 12.5. The smallest absolute Gasteiger partial charge is 0.166 e. The standard InChI is InChI=1S/C10H15BrFN3O/c1-16-6-8(13)2-3-14-10-9(12)4-7(11)5-15-10/h4-5,8H,2-3,6,13H2,1H3,(H,14,15). The van der Waals surface area contributed by atoms with Crippen molar-refractivity contribution < 1.29 is 9.13 Å². The highest BCUT2D eigenvalue weighted by Crippen LogP contribution is 2.15. The summed E-state index contributed by atoms with van der Waals surface area (Å²) >= 11 is 3.14. The molecule has 1 unspecified atom stereocenters. The van der Waals surface area contributed by atoms with Gasteiger partial charge in [-0.1, -0.05) is 0 Å². The zero-order valence-corrected chi connectivity index (χ0v) is 10.6. The van der Waals surface area contributed by atoms with Crippen LogP contribution in [0.15, 0.2) is 16.7 Å². The maximum Gasteiger partial charge on any atom is 0.166 e. The fourth-order valence-corrected chi connectivity index (χ4v) is 1.52. The van der Waals surface area contributed by atoms with Crippen LogP contribution in [-0.4, -0.2) is 31.3 Å². The number of methoxy groups -OCH3 is 1. The van der Waals surface area contributed by atoms with Crippen molar-refractivity contribution >= 4 is 21.7 Å². The first kappa shape index (κ1) is 13.3. The lowest BCUT2D eigenvalue weighted by atomic mass is 10.2. The molecular formula is C10H15BrFN3O. The minimum Gasteiger partial charge on any atom is -0.383 e. The van der Waals surface area contributed by atoms with Crippen LogP contribution in [0, 0.1) is 5.82 Å². The van der Waals surface area contributed by atoms with Gasteiger partial charge in [-0.2, -0.15) is 0 Å². The second-order valence-corrected chi connectivity index (χ2v) is 4.33. The van der Waals surface area contributed by atoms with Crippen LogP contribution >= 0.6 is 15.9 Å². The molecule has 6 heteroatoms. The van der Waals surface area contributed by atoms with E-state index in [-0.39, 0.29) is 17.7 Å². The molecule has 0 radical (unpaired) electrons. The minimum absolute atomic E-state index is 0.0454. The van der Waals surface area contributed by atoms with E-state index in [0.717, 1.165) is 0 Å². The topological polar surface area (TPSA) is 60.2 Å². The largest absolute Gasteiger partial charge is 0.383 e. The predicted octanol–water partition coefficient (Wildman–Crippen LogP) is 1.76. The number of rotatable bonds is 6. The van der Waals surface area contributed by atoms with Gasteiger partial charge >= 0.3 is 0 Å². The van der Waals surface area contributed by atoms with E-state index < -0.39 is 0 Å². The Morgan fingerprint density at radius 2 is 2.44 bits per heavy atom. The molecule has 0 spiro atoms. The molecule has 1 atom stereocenters. The molecule has 0 fully saturated rings. The summed E-state index contributed by atoms with van der Waals surface area (Å²) in [6.45, 7) is 1.06. The van der Waals surface area contributed by atoms with E-state index in [0.29, 0.717) is 24.0 Å². The Balaban J connectivity index is 2.37. The van der Waals surface area contributed by atoms with Crippen LogP contribution in [0.25, 0.3) is 0 Å². The molecule has 1 heterocycles. The Morgan fingerprint density at radius 3 is 3.06 bits per heavy atom. The van der Waals surface area contributed by atoms with E-state index >= 15 is 0 Å². The molecule has 0 bridgehead atoms. The second-order valence-electron chi connectivity index (χ2n) is 3.41. The molecule has 1 aromatic heterocycles. The van der Waals surface area contributed by atoms with Crippen molar-refractivity contribution in [2.24, 2.45) is 5.73 Å². The number of pyridine rings is 1. The highest BCUT2D eigenvalue weighted by atomic mass is 79.9. The predicted molar refractivity (Wildman–Crippen MR) is 64.9 cm³/mol. The van der Waals surface area contributed by atoms with Crippen LogP contribution in [0.4, 0.5) is 10.2 Å². The van der Waals surface area contributed by atoms with E-state index in [4.69, 9.17) is 10.5 Å². The van der Waals surface area contributed by atoms with Gasteiger partial charge in [-0.3, -0.25) is 0 Å². The van der Waals surface area contributed by atoms with Crippen LogP contribution in [0.3, 0.4) is 0 Å². The second kappa shape index (κ2) is 6.78. The first-order valence-corrected chi connectivity index (χ1v) is 5.72. The molecule has 4 nitrogen and oxygen atoms in total. The molecule has 16 heavy (non-hydrogen) atoms. The summed E-state index contributed by atoms with van der Waals surface area (Å²) < 4.78 is 18.8. The lowest BCUT2D eigenvalue weighted by Crippen LogP contribution is -2.28. The monoisotopic (exact) mass is 291 g/mol. The van der Waals surface area contributed by atoms with Gasteiger partial charge in [0.15, 0.2) is 11.6 Å². The molecule has 0 saturated heterocycles. The van der Waals surface area contributed by atoms with Crippen molar-refractivity contribution in [2.75, 3.05) is 25.6 Å². The highest BCUT2D eigenvalue weighted by molar-refractivity contribution is 9.10. The van der Waals surface area contributed by atoms with Crippen LogP contribution in [0.2, 0.25) is 0 Å². The van der Waals surface area contributed by atoms with Gasteiger partial charge in [0.05, 0.1) is 6.61 Å². The Hall–Kier alpha value is -0.720. The molecule has 0 aliphatic carbocycles. The molecule has 3 N–H and O–H groups in total. The molecule has 0 aliphatic heterocycles. The maximum absolute atomic E-state index is 13.3. The van der Waals surface area contributed by atoms with E-state index in [1.54, 1.807) is 13.3 Å². The summed E-state index contributed by atoms with van der Waals surface area (Å²) in [7, 11) is 1.60. The minimum atomic E-state index is -0.380. The first-order valence-electron chi connectivity index (χ1n) is 4.93. The zero-order chi connectivity index (χ0) is 12.0. The maximum atomic E-state index is 13.3. The lowest BCUT2D eigenvalue weighted by molar-refractivity contribution is 0.178. The quantitative estimate of drug-likeness (QED) is 0.838. The van der Waals surface area contributed by atoms with Crippen molar-refractivity contribution in [1.82, 2.24) is 4.98 Å². The number of nitrogens with one attached hydrogen (secondary N) is 1. The summed E-state index contributed by atoms with van der Waals surface area (Å²) in [6.07, 6.45) is 2.24. The third-order valence-electron chi connectivity index (χ3n) is 2.00. The summed E-state index contributed by atoms with van der Waals surface area (Å²) in [5.41, 5.74) is 5.72. The van der Waals surface area contributed by atoms with Gasteiger partial charge in [-0.15, -0.1) is 0 Å². The molecule has 1 aromatic rings. The van der Waals surface area contributed by atoms with E-state index in [9.17, 15) is 4.39 Å². The van der Waals surface area contributed by atoms with Gasteiger partial charge in [-0.25, -0.2) is 9.37 Å². The number of nitrogens with two attached hydrogens (primary N) is 1. The van der Waals surface area contributed by atoms with Gasteiger partial charge in [0.2, 0.25) is 0 Å². The molecule has 0 saturated carbocycles. The number of hydrogen-bond donors (Lipinski definition) is 2. The van der Waals surface area contributed by atoms with Crippen LogP contribution in [0.5, 0.6) is 0 Å². The van der Waals surface area contributed by atoms with Gasteiger partial charge in [-0.05, 0) is 28.4 Å². The van der Waals surface area contributed by atoms with Crippen LogP contribution in [-0.2, 0) is 4.74 Å². The van der Waals surface area contributed by atoms with Crippen LogP contribution < -0.4 is 11.1 Å². The van der Waals surface area contributed by atoms with Gasteiger partial charge < -0.3 is 15.8 Å². The number of nitrogens with zero attached hydrogens (tertiary/aromatic N) is 1. The average molecular weight is 292 g/mol. The average Bonchev–Trinajstić information content (AvgIpc) is 2.22. The third kappa shape index (κ3) is 4.42. The summed E-state index contributed by atoms with van der Waals surface area (Å²) in [4.78, 5) is 3.92. The SMILES string of the molecule is COCC(N)CCNc1ncc(Br)cc1F. The molecule has 90 valence electrons. The summed E-state index contributed by atoms with van der Waals surface area (Å²) in [6, 6.07) is 1.32.